The Morgan fingerprint density at radius 3 is 2.76 bits per heavy atom. The zero-order valence-electron chi connectivity index (χ0n) is 17.2. The highest BCUT2D eigenvalue weighted by molar-refractivity contribution is 5.80. The summed E-state index contributed by atoms with van der Waals surface area (Å²) in [7, 11) is 0. The molecule has 0 radical (unpaired) electrons. The van der Waals surface area contributed by atoms with Crippen molar-refractivity contribution in [2.24, 2.45) is 10.8 Å². The molecule has 0 spiro atoms. The zero-order chi connectivity index (χ0) is 21.1. The van der Waals surface area contributed by atoms with Crippen molar-refractivity contribution in [1.82, 2.24) is 20.5 Å². The summed E-state index contributed by atoms with van der Waals surface area (Å²) in [6, 6.07) is 9.71. The molecule has 7 heteroatoms. The average molecular weight is 392 g/mol. The molecule has 1 aliphatic heterocycles. The number of nitrogens with one attached hydrogen (secondary N) is 2. The van der Waals surface area contributed by atoms with Crippen LogP contribution in [-0.4, -0.2) is 49.0 Å². The Morgan fingerprint density at radius 2 is 2.03 bits per heavy atom. The fourth-order valence-electron chi connectivity index (χ4n) is 2.94. The van der Waals surface area contributed by atoms with E-state index in [0.29, 0.717) is 36.7 Å². The molecule has 1 heterocycles. The minimum absolute atomic E-state index is 0.441. The van der Waals surface area contributed by atoms with Gasteiger partial charge in [0.05, 0.1) is 54.7 Å². The third kappa shape index (κ3) is 6.11. The molecule has 7 nitrogen and oxygen atoms in total. The van der Waals surface area contributed by atoms with E-state index in [0.717, 1.165) is 30.9 Å². The molecular formula is C22H29N7. The first-order chi connectivity index (χ1) is 14.1. The van der Waals surface area contributed by atoms with E-state index in [1.165, 1.54) is 0 Å². The van der Waals surface area contributed by atoms with Crippen molar-refractivity contribution in [2.75, 3.05) is 32.8 Å². The molecule has 29 heavy (non-hydrogen) atoms. The summed E-state index contributed by atoms with van der Waals surface area (Å²) in [5, 5.41) is 22.2. The van der Waals surface area contributed by atoms with E-state index < -0.39 is 0 Å². The number of allylic oxidation sites excluding steroid dienone is 1. The lowest BCUT2D eigenvalue weighted by atomic mass is 10.1. The molecule has 0 saturated heterocycles. The zero-order valence-corrected chi connectivity index (χ0v) is 17.2. The largest absolute Gasteiger partial charge is 0.396 e. The number of hydrogen-bond acceptors (Lipinski definition) is 7. The van der Waals surface area contributed by atoms with Crippen LogP contribution < -0.4 is 16.4 Å². The number of hydrazone groups is 1. The maximum atomic E-state index is 9.36. The van der Waals surface area contributed by atoms with E-state index in [1.54, 1.807) is 17.3 Å². The summed E-state index contributed by atoms with van der Waals surface area (Å²) in [5.41, 5.74) is 9.81. The summed E-state index contributed by atoms with van der Waals surface area (Å²) in [5.74, 6) is 6.04. The Labute approximate surface area is 173 Å². The lowest BCUT2D eigenvalue weighted by molar-refractivity contribution is 0.296. The average Bonchev–Trinajstić information content (AvgIpc) is 2.73. The Bertz CT molecular complexity index is 867. The topological polar surface area (TPSA) is 92.7 Å². The molecule has 0 saturated carbocycles. The second-order valence-electron chi connectivity index (χ2n) is 6.46. The Morgan fingerprint density at radius 1 is 1.28 bits per heavy atom. The summed E-state index contributed by atoms with van der Waals surface area (Å²) < 4.78 is 0. The van der Waals surface area contributed by atoms with Gasteiger partial charge in [0.2, 0.25) is 0 Å². The van der Waals surface area contributed by atoms with Gasteiger partial charge >= 0.3 is 0 Å². The van der Waals surface area contributed by atoms with Gasteiger partial charge in [-0.3, -0.25) is 10.3 Å². The van der Waals surface area contributed by atoms with Crippen molar-refractivity contribution in [3.63, 3.8) is 0 Å². The van der Waals surface area contributed by atoms with Crippen LogP contribution in [0.4, 0.5) is 0 Å². The van der Waals surface area contributed by atoms with Crippen molar-refractivity contribution in [3.05, 3.63) is 59.1 Å². The minimum Gasteiger partial charge on any atom is -0.396 e. The van der Waals surface area contributed by atoms with Crippen LogP contribution in [0.15, 0.2) is 53.0 Å². The summed E-state index contributed by atoms with van der Waals surface area (Å²) >= 11 is 0. The summed E-state index contributed by atoms with van der Waals surface area (Å²) in [6.45, 7) is 12.3. The smallest absolute Gasteiger partial charge is 0.0995 e. The van der Waals surface area contributed by atoms with Gasteiger partial charge in [0.15, 0.2) is 0 Å². The molecule has 0 aromatic heterocycles. The molecule has 0 bridgehead atoms. The van der Waals surface area contributed by atoms with Crippen LogP contribution in [0.3, 0.4) is 0 Å². The maximum absolute atomic E-state index is 9.36. The Hall–Kier alpha value is -3.26. The molecule has 0 unspecified atom stereocenters. The molecule has 1 aliphatic rings. The first-order valence-corrected chi connectivity index (χ1v) is 9.66. The van der Waals surface area contributed by atoms with Crippen LogP contribution in [0.5, 0.6) is 0 Å². The molecule has 0 amide bonds. The highest BCUT2D eigenvalue weighted by atomic mass is 15.5. The van der Waals surface area contributed by atoms with Gasteiger partial charge in [-0.1, -0.05) is 37.6 Å². The minimum atomic E-state index is 0.441. The normalized spacial score (nSPS) is 13.1. The molecule has 1 aromatic carbocycles. The molecule has 0 aliphatic carbocycles. The van der Waals surface area contributed by atoms with E-state index in [4.69, 9.17) is 5.73 Å². The molecule has 0 fully saturated rings. The van der Waals surface area contributed by atoms with Crippen LogP contribution in [0.25, 0.3) is 0 Å². The second-order valence-corrected chi connectivity index (χ2v) is 6.46. The predicted molar refractivity (Wildman–Crippen MR) is 117 cm³/mol. The first kappa shape index (κ1) is 22.0. The van der Waals surface area contributed by atoms with Crippen molar-refractivity contribution in [2.45, 2.75) is 20.4 Å². The van der Waals surface area contributed by atoms with E-state index in [-0.39, 0.29) is 0 Å². The summed E-state index contributed by atoms with van der Waals surface area (Å²) in [6.07, 6.45) is 1.63. The van der Waals surface area contributed by atoms with E-state index in [9.17, 15) is 5.26 Å². The fraction of sp³-hybridized carbons (Fsp3) is 0.364. The maximum Gasteiger partial charge on any atom is 0.0995 e. The molecule has 0 atom stereocenters. The van der Waals surface area contributed by atoms with Gasteiger partial charge in [-0.2, -0.15) is 10.4 Å². The van der Waals surface area contributed by atoms with E-state index >= 15 is 0 Å². The van der Waals surface area contributed by atoms with Crippen LogP contribution in [0.1, 0.15) is 25.0 Å². The first-order valence-electron chi connectivity index (χ1n) is 9.66. The van der Waals surface area contributed by atoms with Crippen LogP contribution >= 0.6 is 0 Å². The van der Waals surface area contributed by atoms with Crippen LogP contribution in [0, 0.1) is 23.2 Å². The van der Waals surface area contributed by atoms with Gasteiger partial charge in [0.1, 0.15) is 0 Å². The lowest BCUT2D eigenvalue weighted by Gasteiger charge is -2.34. The Kier molecular flexibility index (Phi) is 8.78. The number of rotatable bonds is 10. The van der Waals surface area contributed by atoms with Crippen LogP contribution in [0.2, 0.25) is 0 Å². The molecule has 1 aromatic rings. The molecular weight excluding hydrogens is 362 g/mol. The monoisotopic (exact) mass is 391 g/mol. The number of nitrogens with zero attached hydrogens (tertiary/aromatic N) is 4. The predicted octanol–water partition coefficient (Wildman–Crippen LogP) is 1.53. The van der Waals surface area contributed by atoms with Gasteiger partial charge in [0, 0.05) is 13.1 Å². The van der Waals surface area contributed by atoms with Gasteiger partial charge in [0.25, 0.3) is 0 Å². The summed E-state index contributed by atoms with van der Waals surface area (Å²) in [4.78, 5) is 2.06. The highest BCUT2D eigenvalue weighted by Gasteiger charge is 2.23. The third-order valence-electron chi connectivity index (χ3n) is 4.45. The number of nitrogens with two attached hydrogens (primary N) is 1. The van der Waals surface area contributed by atoms with Gasteiger partial charge < -0.3 is 16.0 Å². The van der Waals surface area contributed by atoms with Crippen LogP contribution in [-0.2, 0) is 6.54 Å². The van der Waals surface area contributed by atoms with Crippen molar-refractivity contribution >= 4 is 6.21 Å². The highest BCUT2D eigenvalue weighted by Crippen LogP contribution is 2.25. The second kappa shape index (κ2) is 11.6. The third-order valence-corrected chi connectivity index (χ3v) is 4.45. The quantitative estimate of drug-likeness (QED) is 0.318. The van der Waals surface area contributed by atoms with Gasteiger partial charge in [-0.25, -0.2) is 0 Å². The SMILES string of the molecule is C=C1C(N(CC#CC)CNCCNCC)=C(N)C=NN1Cc1ccccc1C#N. The van der Waals surface area contributed by atoms with Crippen molar-refractivity contribution in [3.8, 4) is 17.9 Å². The molecule has 4 N–H and O–H groups in total. The number of likely N-dealkylation sites (N-methyl/N-ethyl adjacent to an activating group) is 1. The number of hydrogen-bond donors (Lipinski definition) is 3. The van der Waals surface area contributed by atoms with E-state index in [2.05, 4.69) is 52.0 Å². The van der Waals surface area contributed by atoms with Gasteiger partial charge in [-0.15, -0.1) is 5.92 Å². The standard InChI is InChI=1S/C22H29N7/c1-4-6-13-28(17-26-12-11-25-5-2)22-18(3)29(27-15-21(22)24)16-20-10-8-7-9-19(20)14-23/h7-10,15,25-26H,3,5,11-13,16-17,24H2,1-2H3. The molecule has 2 rings (SSSR count). The van der Waals surface area contributed by atoms with E-state index in [1.807, 2.05) is 25.1 Å². The van der Waals surface area contributed by atoms with Crippen molar-refractivity contribution < 1.29 is 0 Å². The fourth-order valence-corrected chi connectivity index (χ4v) is 2.94. The molecule has 152 valence electrons. The number of nitriles is 1. The number of benzene rings is 1. The van der Waals surface area contributed by atoms with Gasteiger partial charge in [-0.05, 0) is 25.1 Å². The Balaban J connectivity index is 2.16. The van der Waals surface area contributed by atoms with Crippen molar-refractivity contribution in [1.29, 1.82) is 5.26 Å². The lowest BCUT2D eigenvalue weighted by Crippen LogP contribution is -2.41.